The number of aromatic nitrogens is 1. The van der Waals surface area contributed by atoms with Crippen molar-refractivity contribution in [1.29, 1.82) is 0 Å². The number of hydrogen-bond acceptors (Lipinski definition) is 4. The molecule has 0 saturated heterocycles. The van der Waals surface area contributed by atoms with Gasteiger partial charge >= 0.3 is 0 Å². The Hall–Kier alpha value is -1.70. The summed E-state index contributed by atoms with van der Waals surface area (Å²) in [5.41, 5.74) is -1.18. The van der Waals surface area contributed by atoms with E-state index in [2.05, 4.69) is 21.2 Å². The molecule has 0 aromatic carbocycles. The summed E-state index contributed by atoms with van der Waals surface area (Å²) in [5.74, 6) is -0.387. The maximum Gasteiger partial charge on any atom is 0.286 e. The molecule has 7 nitrogen and oxygen atoms in total. The number of nitro groups is 1. The van der Waals surface area contributed by atoms with E-state index in [1.165, 1.54) is 0 Å². The van der Waals surface area contributed by atoms with Gasteiger partial charge in [-0.3, -0.25) is 24.3 Å². The first-order valence-corrected chi connectivity index (χ1v) is 6.25. The van der Waals surface area contributed by atoms with Gasteiger partial charge in [0, 0.05) is 11.6 Å². The number of halogens is 1. The molecule has 0 unspecified atom stereocenters. The third-order valence-electron chi connectivity index (χ3n) is 2.07. The van der Waals surface area contributed by atoms with E-state index in [4.69, 9.17) is 0 Å². The molecule has 1 aromatic rings. The van der Waals surface area contributed by atoms with Crippen LogP contribution >= 0.6 is 15.9 Å². The minimum atomic E-state index is -0.623. The largest absolute Gasteiger partial charge is 0.350 e. The normalized spacial score (nSPS) is 11.2. The first-order chi connectivity index (χ1) is 8.60. The summed E-state index contributed by atoms with van der Waals surface area (Å²) in [5, 5.41) is 13.4. The lowest BCUT2D eigenvalue weighted by Crippen LogP contribution is -2.43. The van der Waals surface area contributed by atoms with Crippen molar-refractivity contribution < 1.29 is 9.72 Å². The van der Waals surface area contributed by atoms with Crippen molar-refractivity contribution in [2.24, 2.45) is 0 Å². The maximum atomic E-state index is 11.8. The predicted molar refractivity (Wildman–Crippen MR) is 73.0 cm³/mol. The highest BCUT2D eigenvalue weighted by molar-refractivity contribution is 9.10. The van der Waals surface area contributed by atoms with Gasteiger partial charge < -0.3 is 5.32 Å². The van der Waals surface area contributed by atoms with Crippen molar-refractivity contribution in [2.75, 3.05) is 0 Å². The van der Waals surface area contributed by atoms with E-state index < -0.39 is 16.0 Å². The number of rotatable bonds is 3. The summed E-state index contributed by atoms with van der Waals surface area (Å²) in [4.78, 5) is 33.6. The molecule has 0 atom stereocenters. The van der Waals surface area contributed by atoms with E-state index in [0.29, 0.717) is 0 Å². The van der Waals surface area contributed by atoms with E-state index in [1.54, 1.807) is 20.8 Å². The van der Waals surface area contributed by atoms with Crippen molar-refractivity contribution in [3.63, 3.8) is 0 Å². The van der Waals surface area contributed by atoms with E-state index >= 15 is 0 Å². The van der Waals surface area contributed by atoms with Crippen molar-refractivity contribution in [2.45, 2.75) is 32.9 Å². The van der Waals surface area contributed by atoms with E-state index in [0.717, 1.165) is 16.8 Å². The molecule has 1 aromatic heterocycles. The third kappa shape index (κ3) is 4.47. The lowest BCUT2D eigenvalue weighted by Gasteiger charge is -2.20. The second kappa shape index (κ2) is 5.52. The molecule has 0 bridgehead atoms. The molecule has 1 amide bonds. The Kier molecular flexibility index (Phi) is 4.46. The third-order valence-corrected chi connectivity index (χ3v) is 2.64. The van der Waals surface area contributed by atoms with Gasteiger partial charge in [0.1, 0.15) is 6.54 Å². The highest BCUT2D eigenvalue weighted by Gasteiger charge is 2.17. The molecule has 0 spiro atoms. The van der Waals surface area contributed by atoms with Crippen LogP contribution in [0.5, 0.6) is 0 Å². The van der Waals surface area contributed by atoms with Gasteiger partial charge in [0.15, 0.2) is 0 Å². The van der Waals surface area contributed by atoms with Gasteiger partial charge in [0.25, 0.3) is 11.2 Å². The standard InChI is InChI=1S/C11H14BrN3O4/c1-11(2,3)13-9(16)6-14-5-7(15(18)19)4-8(12)10(14)17/h4-5H,6H2,1-3H3,(H,13,16). The fraction of sp³-hybridized carbons (Fsp3) is 0.455. The topological polar surface area (TPSA) is 94.2 Å². The molecule has 1 N–H and O–H groups in total. The molecule has 0 saturated carbocycles. The van der Waals surface area contributed by atoms with Gasteiger partial charge in [-0.2, -0.15) is 0 Å². The fourth-order valence-electron chi connectivity index (χ4n) is 1.41. The number of hydrogen-bond donors (Lipinski definition) is 1. The van der Waals surface area contributed by atoms with E-state index in [1.807, 2.05) is 0 Å². The smallest absolute Gasteiger partial charge is 0.286 e. The molecule has 0 aliphatic carbocycles. The van der Waals surface area contributed by atoms with Crippen LogP contribution in [0.2, 0.25) is 0 Å². The van der Waals surface area contributed by atoms with Crippen LogP contribution in [0.3, 0.4) is 0 Å². The second-order valence-electron chi connectivity index (χ2n) is 5.03. The second-order valence-corrected chi connectivity index (χ2v) is 5.89. The molecule has 104 valence electrons. The molecule has 0 aliphatic heterocycles. The minimum absolute atomic E-state index is 0.0465. The minimum Gasteiger partial charge on any atom is -0.350 e. The molecule has 1 heterocycles. The van der Waals surface area contributed by atoms with Gasteiger partial charge in [-0.1, -0.05) is 0 Å². The van der Waals surface area contributed by atoms with Crippen LogP contribution in [0.1, 0.15) is 20.8 Å². The van der Waals surface area contributed by atoms with Crippen molar-refractivity contribution in [3.8, 4) is 0 Å². The lowest BCUT2D eigenvalue weighted by molar-refractivity contribution is -0.385. The Morgan fingerprint density at radius 2 is 2.11 bits per heavy atom. The average Bonchev–Trinajstić information content (AvgIpc) is 2.21. The summed E-state index contributed by atoms with van der Waals surface area (Å²) in [7, 11) is 0. The van der Waals surface area contributed by atoms with Crippen LogP contribution in [-0.4, -0.2) is 20.9 Å². The van der Waals surface area contributed by atoms with Crippen LogP contribution in [0, 0.1) is 10.1 Å². The molecular weight excluding hydrogens is 318 g/mol. The zero-order valence-electron chi connectivity index (χ0n) is 10.8. The highest BCUT2D eigenvalue weighted by atomic mass is 79.9. The molecule has 1 rings (SSSR count). The molecular formula is C11H14BrN3O4. The van der Waals surface area contributed by atoms with Gasteiger partial charge in [-0.25, -0.2) is 0 Å². The average molecular weight is 332 g/mol. The van der Waals surface area contributed by atoms with Crippen molar-refractivity contribution >= 4 is 27.5 Å². The van der Waals surface area contributed by atoms with E-state index in [-0.39, 0.29) is 22.6 Å². The van der Waals surface area contributed by atoms with Crippen LogP contribution in [-0.2, 0) is 11.3 Å². The summed E-state index contributed by atoms with van der Waals surface area (Å²) >= 11 is 2.95. The predicted octanol–water partition coefficient (Wildman–Crippen LogP) is 1.43. The van der Waals surface area contributed by atoms with Crippen molar-refractivity contribution in [3.05, 3.63) is 37.2 Å². The Bertz CT molecular complexity index is 574. The van der Waals surface area contributed by atoms with Gasteiger partial charge in [0.05, 0.1) is 15.6 Å². The SMILES string of the molecule is CC(C)(C)NC(=O)Cn1cc([N+](=O)[O-])cc(Br)c1=O. The Morgan fingerprint density at radius 1 is 1.53 bits per heavy atom. The van der Waals surface area contributed by atoms with Crippen LogP contribution in [0.4, 0.5) is 5.69 Å². The maximum absolute atomic E-state index is 11.8. The fourth-order valence-corrected chi connectivity index (χ4v) is 1.88. The van der Waals surface area contributed by atoms with Gasteiger partial charge in [-0.15, -0.1) is 0 Å². The highest BCUT2D eigenvalue weighted by Crippen LogP contribution is 2.14. The Labute approximate surface area is 117 Å². The zero-order chi connectivity index (χ0) is 14.8. The summed E-state index contributed by atoms with van der Waals surface area (Å²) in [6.07, 6.45) is 1.05. The van der Waals surface area contributed by atoms with Crippen LogP contribution < -0.4 is 10.9 Å². The van der Waals surface area contributed by atoms with E-state index in [9.17, 15) is 19.7 Å². The number of nitrogens with one attached hydrogen (secondary N) is 1. The van der Waals surface area contributed by atoms with Crippen molar-refractivity contribution in [1.82, 2.24) is 9.88 Å². The first kappa shape index (κ1) is 15.4. The number of pyridine rings is 1. The number of nitrogens with zero attached hydrogens (tertiary/aromatic N) is 2. The summed E-state index contributed by atoms with van der Waals surface area (Å²) in [6.45, 7) is 5.14. The molecule has 19 heavy (non-hydrogen) atoms. The monoisotopic (exact) mass is 331 g/mol. The van der Waals surface area contributed by atoms with Gasteiger partial charge in [0.2, 0.25) is 5.91 Å². The number of carbonyl (C=O) groups excluding carboxylic acids is 1. The summed E-state index contributed by atoms with van der Waals surface area (Å²) < 4.78 is 1.05. The quantitative estimate of drug-likeness (QED) is 0.669. The van der Waals surface area contributed by atoms with Gasteiger partial charge in [-0.05, 0) is 36.7 Å². The van der Waals surface area contributed by atoms with Crippen LogP contribution in [0.25, 0.3) is 0 Å². The first-order valence-electron chi connectivity index (χ1n) is 5.45. The zero-order valence-corrected chi connectivity index (χ0v) is 12.4. The number of amides is 1. The lowest BCUT2D eigenvalue weighted by atomic mass is 10.1. The summed E-state index contributed by atoms with van der Waals surface area (Å²) in [6, 6.07) is 1.11. The van der Waals surface area contributed by atoms with Crippen LogP contribution in [0.15, 0.2) is 21.5 Å². The molecule has 0 fully saturated rings. The Morgan fingerprint density at radius 3 is 2.58 bits per heavy atom. The Balaban J connectivity index is 3.04. The molecule has 8 heteroatoms. The molecule has 0 radical (unpaired) electrons. The number of carbonyl (C=O) groups is 1. The molecule has 0 aliphatic rings.